The molecule has 9 heteroatoms. The summed E-state index contributed by atoms with van der Waals surface area (Å²) in [4.78, 5) is 28.1. The fourth-order valence-corrected chi connectivity index (χ4v) is 2.47. The van der Waals surface area contributed by atoms with Crippen molar-refractivity contribution in [3.05, 3.63) is 46.1 Å². The molecule has 124 valence electrons. The summed E-state index contributed by atoms with van der Waals surface area (Å²) in [6.45, 7) is 2.13. The van der Waals surface area contributed by atoms with Gasteiger partial charge >= 0.3 is 0 Å². The monoisotopic (exact) mass is 327 g/mol. The molecule has 2 heterocycles. The number of fused-ring (bicyclic) bond motifs is 1. The Bertz CT molecular complexity index is 931. The van der Waals surface area contributed by atoms with Gasteiger partial charge in [0.2, 0.25) is 11.9 Å². The summed E-state index contributed by atoms with van der Waals surface area (Å²) >= 11 is 0. The van der Waals surface area contributed by atoms with E-state index in [1.807, 2.05) is 6.07 Å². The van der Waals surface area contributed by atoms with Gasteiger partial charge in [-0.25, -0.2) is 5.10 Å². The third kappa shape index (κ3) is 3.09. The van der Waals surface area contributed by atoms with Crippen molar-refractivity contribution in [3.8, 4) is 0 Å². The smallest absolute Gasteiger partial charge is 0.272 e. The number of H-pyrrole nitrogens is 2. The Balaban J connectivity index is 1.72. The lowest BCUT2D eigenvalue weighted by molar-refractivity contribution is -0.122. The van der Waals surface area contributed by atoms with Crippen molar-refractivity contribution in [1.82, 2.24) is 30.7 Å². The minimum atomic E-state index is -0.508. The van der Waals surface area contributed by atoms with Crippen LogP contribution in [0.2, 0.25) is 0 Å². The number of rotatable bonds is 5. The highest BCUT2D eigenvalue weighted by molar-refractivity contribution is 5.90. The number of carbonyl (C=O) groups excluding carboxylic acids is 1. The first-order valence-electron chi connectivity index (χ1n) is 7.48. The van der Waals surface area contributed by atoms with Crippen molar-refractivity contribution in [2.75, 3.05) is 12.3 Å². The molecule has 1 aromatic carbocycles. The maximum Gasteiger partial charge on any atom is 0.272 e. The SMILES string of the molecule is C[C@H](C(=O)NCCc1nc(N)n[nH]1)c1n[nH]c(=O)c2ccccc12. The highest BCUT2D eigenvalue weighted by Crippen LogP contribution is 2.20. The molecule has 5 N–H and O–H groups in total. The van der Waals surface area contributed by atoms with E-state index >= 15 is 0 Å². The number of hydrogen-bond donors (Lipinski definition) is 4. The van der Waals surface area contributed by atoms with Gasteiger partial charge in [-0.05, 0) is 13.0 Å². The molecule has 0 aliphatic carbocycles. The Morgan fingerprint density at radius 3 is 2.71 bits per heavy atom. The van der Waals surface area contributed by atoms with Gasteiger partial charge in [0, 0.05) is 18.4 Å². The van der Waals surface area contributed by atoms with Crippen LogP contribution in [0.15, 0.2) is 29.1 Å². The van der Waals surface area contributed by atoms with Gasteiger partial charge in [-0.1, -0.05) is 18.2 Å². The van der Waals surface area contributed by atoms with E-state index in [0.717, 1.165) is 0 Å². The van der Waals surface area contributed by atoms with Crippen LogP contribution in [0.1, 0.15) is 24.4 Å². The van der Waals surface area contributed by atoms with Crippen LogP contribution in [0.4, 0.5) is 5.95 Å². The number of carbonyl (C=O) groups is 1. The topological polar surface area (TPSA) is 142 Å². The fourth-order valence-electron chi connectivity index (χ4n) is 2.47. The molecule has 1 atom stereocenters. The molecule has 2 aromatic heterocycles. The Morgan fingerprint density at radius 1 is 1.25 bits per heavy atom. The zero-order chi connectivity index (χ0) is 17.1. The molecule has 0 saturated carbocycles. The Kier molecular flexibility index (Phi) is 4.23. The van der Waals surface area contributed by atoms with E-state index in [1.165, 1.54) is 0 Å². The number of nitrogens with zero attached hydrogens (tertiary/aromatic N) is 3. The van der Waals surface area contributed by atoms with Crippen molar-refractivity contribution < 1.29 is 4.79 Å². The van der Waals surface area contributed by atoms with E-state index < -0.39 is 5.92 Å². The molecule has 0 unspecified atom stereocenters. The lowest BCUT2D eigenvalue weighted by Crippen LogP contribution is -2.31. The van der Waals surface area contributed by atoms with Gasteiger partial charge in [-0.15, -0.1) is 5.10 Å². The second-order valence-electron chi connectivity index (χ2n) is 5.39. The Labute approximate surface area is 136 Å². The molecule has 0 bridgehead atoms. The molecule has 24 heavy (non-hydrogen) atoms. The van der Waals surface area contributed by atoms with Gasteiger partial charge < -0.3 is 11.1 Å². The van der Waals surface area contributed by atoms with Gasteiger partial charge in [-0.3, -0.25) is 14.7 Å². The molecule has 3 rings (SSSR count). The Hall–Kier alpha value is -3.23. The highest BCUT2D eigenvalue weighted by Gasteiger charge is 2.20. The van der Waals surface area contributed by atoms with Gasteiger partial charge in [0.25, 0.3) is 5.56 Å². The minimum Gasteiger partial charge on any atom is -0.367 e. The summed E-state index contributed by atoms with van der Waals surface area (Å²) in [5.74, 6) is 0.0837. The van der Waals surface area contributed by atoms with Crippen LogP contribution in [0.5, 0.6) is 0 Å². The summed E-state index contributed by atoms with van der Waals surface area (Å²) in [5, 5.41) is 16.9. The number of nitrogens with one attached hydrogen (secondary N) is 3. The van der Waals surface area contributed by atoms with Crippen molar-refractivity contribution in [3.63, 3.8) is 0 Å². The number of hydrogen-bond acceptors (Lipinski definition) is 6. The first kappa shape index (κ1) is 15.7. The standard InChI is InChI=1S/C15H17N7O2/c1-8(13(23)17-7-6-11-18-15(16)22-19-11)12-9-4-2-3-5-10(9)14(24)21-20-12/h2-5,8H,6-7H2,1H3,(H,17,23)(H,21,24)(H3,16,18,19,22)/t8-/m0/s1. The van der Waals surface area contributed by atoms with Gasteiger partial charge in [0.1, 0.15) is 5.82 Å². The predicted octanol–water partition coefficient (Wildman–Crippen LogP) is 0.0858. The number of anilines is 1. The van der Waals surface area contributed by atoms with E-state index in [9.17, 15) is 9.59 Å². The molecule has 0 aliphatic heterocycles. The summed E-state index contributed by atoms with van der Waals surface area (Å²) < 4.78 is 0. The number of benzene rings is 1. The molecular formula is C15H17N7O2. The van der Waals surface area contributed by atoms with Crippen molar-refractivity contribution in [2.45, 2.75) is 19.3 Å². The first-order chi connectivity index (χ1) is 11.6. The molecule has 0 fully saturated rings. The average molecular weight is 327 g/mol. The van der Waals surface area contributed by atoms with Crippen LogP contribution in [-0.2, 0) is 11.2 Å². The lowest BCUT2D eigenvalue weighted by atomic mass is 10.0. The highest BCUT2D eigenvalue weighted by atomic mass is 16.2. The number of aromatic amines is 2. The molecule has 9 nitrogen and oxygen atoms in total. The van der Waals surface area contributed by atoms with E-state index in [0.29, 0.717) is 35.3 Å². The van der Waals surface area contributed by atoms with Crippen LogP contribution >= 0.6 is 0 Å². The summed E-state index contributed by atoms with van der Waals surface area (Å²) in [7, 11) is 0. The maximum atomic E-state index is 12.4. The zero-order valence-corrected chi connectivity index (χ0v) is 13.0. The number of aromatic nitrogens is 5. The molecule has 0 aliphatic rings. The van der Waals surface area contributed by atoms with E-state index in [-0.39, 0.29) is 17.4 Å². The normalized spacial score (nSPS) is 12.2. The summed E-state index contributed by atoms with van der Waals surface area (Å²) in [6, 6.07) is 7.08. The molecule has 1 amide bonds. The minimum absolute atomic E-state index is 0.175. The van der Waals surface area contributed by atoms with Crippen molar-refractivity contribution >= 4 is 22.6 Å². The van der Waals surface area contributed by atoms with E-state index in [2.05, 4.69) is 30.7 Å². The lowest BCUT2D eigenvalue weighted by Gasteiger charge is -2.13. The first-order valence-corrected chi connectivity index (χ1v) is 7.48. The van der Waals surface area contributed by atoms with E-state index in [4.69, 9.17) is 5.73 Å². The van der Waals surface area contributed by atoms with Crippen LogP contribution in [0, 0.1) is 0 Å². The quantitative estimate of drug-likeness (QED) is 0.523. The molecule has 0 saturated heterocycles. The van der Waals surface area contributed by atoms with Gasteiger partial charge in [-0.2, -0.15) is 10.1 Å². The van der Waals surface area contributed by atoms with Crippen LogP contribution < -0.4 is 16.6 Å². The largest absolute Gasteiger partial charge is 0.367 e. The van der Waals surface area contributed by atoms with Crippen LogP contribution in [0.3, 0.4) is 0 Å². The van der Waals surface area contributed by atoms with Crippen LogP contribution in [-0.4, -0.2) is 37.8 Å². The number of nitrogens with two attached hydrogens (primary N) is 1. The average Bonchev–Trinajstić information content (AvgIpc) is 3.00. The van der Waals surface area contributed by atoms with Gasteiger partial charge in [0.15, 0.2) is 0 Å². The molecular weight excluding hydrogens is 310 g/mol. The molecule has 3 aromatic rings. The number of nitrogen functional groups attached to an aromatic ring is 1. The zero-order valence-electron chi connectivity index (χ0n) is 13.0. The third-order valence-corrected chi connectivity index (χ3v) is 3.74. The van der Waals surface area contributed by atoms with Crippen molar-refractivity contribution in [2.24, 2.45) is 0 Å². The number of amides is 1. The van der Waals surface area contributed by atoms with Crippen molar-refractivity contribution in [1.29, 1.82) is 0 Å². The second-order valence-corrected chi connectivity index (χ2v) is 5.39. The van der Waals surface area contributed by atoms with Gasteiger partial charge in [0.05, 0.1) is 17.0 Å². The fraction of sp³-hybridized carbons (Fsp3) is 0.267. The maximum absolute atomic E-state index is 12.4. The van der Waals surface area contributed by atoms with Crippen LogP contribution in [0.25, 0.3) is 10.8 Å². The third-order valence-electron chi connectivity index (χ3n) is 3.74. The summed E-state index contributed by atoms with van der Waals surface area (Å²) in [5.41, 5.74) is 5.68. The Morgan fingerprint density at radius 2 is 2.00 bits per heavy atom. The predicted molar refractivity (Wildman–Crippen MR) is 88.3 cm³/mol. The summed E-state index contributed by atoms with van der Waals surface area (Å²) in [6.07, 6.45) is 0.489. The second kappa shape index (κ2) is 6.49. The molecule has 0 radical (unpaired) electrons. The van der Waals surface area contributed by atoms with E-state index in [1.54, 1.807) is 25.1 Å². The molecule has 0 spiro atoms.